The zero-order chi connectivity index (χ0) is 18.1. The molecular formula is C19H28N2O3S. The number of carbonyl (C=O) groups is 2. The summed E-state index contributed by atoms with van der Waals surface area (Å²) in [6.07, 6.45) is 2.95. The molecule has 2 N–H and O–H groups in total. The van der Waals surface area contributed by atoms with E-state index in [4.69, 9.17) is 0 Å². The van der Waals surface area contributed by atoms with Crippen LogP contribution in [0.15, 0.2) is 24.3 Å². The van der Waals surface area contributed by atoms with Crippen LogP contribution in [-0.4, -0.2) is 37.8 Å². The standard InChI is InChI=1S/C19H28N2O3S/c1-14(16-6-4-8-20-11-16)9-18(22)21-17-7-3-5-15(10-17)12-25-13-19(23)24-2/h3,5,7,10,14,16,20H,4,6,8-9,11-13H2,1-2H3,(H,21,22). The number of thioether (sulfide) groups is 1. The van der Waals surface area contributed by atoms with E-state index in [1.165, 1.54) is 31.7 Å². The van der Waals surface area contributed by atoms with Gasteiger partial charge in [0.25, 0.3) is 0 Å². The molecule has 2 rings (SSSR count). The van der Waals surface area contributed by atoms with Gasteiger partial charge in [-0.25, -0.2) is 0 Å². The second kappa shape index (κ2) is 10.5. The van der Waals surface area contributed by atoms with Crippen molar-refractivity contribution in [3.63, 3.8) is 0 Å². The van der Waals surface area contributed by atoms with Gasteiger partial charge in [-0.2, -0.15) is 0 Å². The van der Waals surface area contributed by atoms with Crippen molar-refractivity contribution in [2.24, 2.45) is 11.8 Å². The van der Waals surface area contributed by atoms with Gasteiger partial charge >= 0.3 is 5.97 Å². The monoisotopic (exact) mass is 364 g/mol. The fourth-order valence-corrected chi connectivity index (χ4v) is 3.89. The third-order valence-corrected chi connectivity index (χ3v) is 5.55. The van der Waals surface area contributed by atoms with Gasteiger partial charge in [-0.3, -0.25) is 9.59 Å². The van der Waals surface area contributed by atoms with Gasteiger partial charge in [0.05, 0.1) is 12.9 Å². The lowest BCUT2D eigenvalue weighted by Crippen LogP contribution is -2.34. The topological polar surface area (TPSA) is 67.4 Å². The molecule has 0 aliphatic carbocycles. The van der Waals surface area contributed by atoms with E-state index in [1.807, 2.05) is 24.3 Å². The first-order valence-electron chi connectivity index (χ1n) is 8.82. The molecule has 5 nitrogen and oxygen atoms in total. The van der Waals surface area contributed by atoms with E-state index >= 15 is 0 Å². The Labute approximate surface area is 154 Å². The highest BCUT2D eigenvalue weighted by Crippen LogP contribution is 2.23. The summed E-state index contributed by atoms with van der Waals surface area (Å²) < 4.78 is 4.63. The maximum absolute atomic E-state index is 12.3. The molecule has 138 valence electrons. The average molecular weight is 365 g/mol. The van der Waals surface area contributed by atoms with Crippen LogP contribution >= 0.6 is 11.8 Å². The molecule has 1 aliphatic rings. The van der Waals surface area contributed by atoms with Crippen LogP contribution in [0, 0.1) is 11.8 Å². The van der Waals surface area contributed by atoms with E-state index in [9.17, 15) is 9.59 Å². The number of hydrogen-bond donors (Lipinski definition) is 2. The van der Waals surface area contributed by atoms with Crippen molar-refractivity contribution in [2.75, 3.05) is 31.3 Å². The van der Waals surface area contributed by atoms with E-state index < -0.39 is 0 Å². The second-order valence-corrected chi connectivity index (χ2v) is 7.59. The van der Waals surface area contributed by atoms with Gasteiger partial charge in [0.1, 0.15) is 0 Å². The maximum atomic E-state index is 12.3. The van der Waals surface area contributed by atoms with Gasteiger partial charge in [0.15, 0.2) is 0 Å². The molecule has 1 heterocycles. The smallest absolute Gasteiger partial charge is 0.315 e. The summed E-state index contributed by atoms with van der Waals surface area (Å²) in [5.41, 5.74) is 1.89. The van der Waals surface area contributed by atoms with E-state index in [1.54, 1.807) is 0 Å². The minimum Gasteiger partial charge on any atom is -0.468 e. The highest BCUT2D eigenvalue weighted by atomic mass is 32.2. The van der Waals surface area contributed by atoms with Crippen LogP contribution < -0.4 is 10.6 Å². The number of ether oxygens (including phenoxy) is 1. The predicted molar refractivity (Wildman–Crippen MR) is 103 cm³/mol. The molecule has 0 saturated carbocycles. The van der Waals surface area contributed by atoms with Crippen LogP contribution in [0.2, 0.25) is 0 Å². The Kier molecular flexibility index (Phi) is 8.28. The Morgan fingerprint density at radius 1 is 1.44 bits per heavy atom. The minimum absolute atomic E-state index is 0.0671. The molecule has 0 bridgehead atoms. The summed E-state index contributed by atoms with van der Waals surface area (Å²) in [4.78, 5) is 23.5. The Hall–Kier alpha value is -1.53. The van der Waals surface area contributed by atoms with Crippen LogP contribution in [0.5, 0.6) is 0 Å². The lowest BCUT2D eigenvalue weighted by molar-refractivity contribution is -0.137. The van der Waals surface area contributed by atoms with Crippen molar-refractivity contribution in [1.29, 1.82) is 0 Å². The minimum atomic E-state index is -0.222. The molecule has 6 heteroatoms. The van der Waals surface area contributed by atoms with E-state index in [2.05, 4.69) is 22.3 Å². The fraction of sp³-hybridized carbons (Fsp3) is 0.579. The number of anilines is 1. The Bertz CT molecular complexity index is 574. The second-order valence-electron chi connectivity index (χ2n) is 6.61. The lowest BCUT2D eigenvalue weighted by atomic mass is 9.85. The van der Waals surface area contributed by atoms with Crippen LogP contribution in [-0.2, 0) is 20.1 Å². The summed E-state index contributed by atoms with van der Waals surface area (Å²) >= 11 is 1.50. The molecule has 1 amide bonds. The summed E-state index contributed by atoms with van der Waals surface area (Å²) in [5, 5.41) is 6.41. The largest absolute Gasteiger partial charge is 0.468 e. The van der Waals surface area contributed by atoms with Crippen molar-refractivity contribution >= 4 is 29.3 Å². The highest BCUT2D eigenvalue weighted by molar-refractivity contribution is 7.99. The Balaban J connectivity index is 1.79. The van der Waals surface area contributed by atoms with Gasteiger partial charge in [-0.05, 0) is 55.5 Å². The van der Waals surface area contributed by atoms with Crippen molar-refractivity contribution in [3.05, 3.63) is 29.8 Å². The number of carbonyl (C=O) groups excluding carboxylic acids is 2. The number of esters is 1. The number of piperidine rings is 1. The number of hydrogen-bond acceptors (Lipinski definition) is 5. The van der Waals surface area contributed by atoms with Crippen molar-refractivity contribution in [2.45, 2.75) is 31.9 Å². The number of methoxy groups -OCH3 is 1. The zero-order valence-electron chi connectivity index (χ0n) is 15.0. The number of amides is 1. The molecule has 1 aromatic carbocycles. The molecule has 1 saturated heterocycles. The highest BCUT2D eigenvalue weighted by Gasteiger charge is 2.22. The summed E-state index contributed by atoms with van der Waals surface area (Å²) in [6, 6.07) is 7.79. The van der Waals surface area contributed by atoms with Gasteiger partial charge in [-0.15, -0.1) is 11.8 Å². The molecule has 1 fully saturated rings. The van der Waals surface area contributed by atoms with Crippen molar-refractivity contribution in [1.82, 2.24) is 5.32 Å². The first kappa shape index (κ1) is 19.8. The third-order valence-electron chi connectivity index (χ3n) is 4.57. The van der Waals surface area contributed by atoms with Crippen LogP contribution in [0.1, 0.15) is 31.7 Å². The van der Waals surface area contributed by atoms with Crippen LogP contribution in [0.3, 0.4) is 0 Å². The van der Waals surface area contributed by atoms with E-state index in [-0.39, 0.29) is 11.9 Å². The number of benzene rings is 1. The first-order chi connectivity index (χ1) is 12.1. The molecule has 0 radical (unpaired) electrons. The lowest BCUT2D eigenvalue weighted by Gasteiger charge is -2.28. The molecule has 0 aromatic heterocycles. The molecule has 2 atom stereocenters. The first-order valence-corrected chi connectivity index (χ1v) is 9.98. The van der Waals surface area contributed by atoms with E-state index in [0.29, 0.717) is 29.8 Å². The number of rotatable bonds is 8. The van der Waals surface area contributed by atoms with Crippen LogP contribution in [0.4, 0.5) is 5.69 Å². The third kappa shape index (κ3) is 7.08. The van der Waals surface area contributed by atoms with Crippen molar-refractivity contribution in [3.8, 4) is 0 Å². The van der Waals surface area contributed by atoms with Gasteiger partial charge in [0.2, 0.25) is 5.91 Å². The molecular weight excluding hydrogens is 336 g/mol. The SMILES string of the molecule is COC(=O)CSCc1cccc(NC(=O)CC(C)C2CCCNC2)c1. The van der Waals surface area contributed by atoms with Gasteiger partial charge in [0, 0.05) is 17.9 Å². The molecule has 0 spiro atoms. The quantitative estimate of drug-likeness (QED) is 0.694. The molecule has 25 heavy (non-hydrogen) atoms. The normalized spacial score (nSPS) is 18.4. The number of nitrogens with one attached hydrogen (secondary N) is 2. The summed E-state index contributed by atoms with van der Waals surface area (Å²) in [5.74, 6) is 1.86. The van der Waals surface area contributed by atoms with E-state index in [0.717, 1.165) is 24.3 Å². The fourth-order valence-electron chi connectivity index (χ4n) is 3.09. The van der Waals surface area contributed by atoms with Gasteiger partial charge in [-0.1, -0.05) is 19.1 Å². The summed E-state index contributed by atoms with van der Waals surface area (Å²) in [7, 11) is 1.39. The molecule has 1 aliphatic heterocycles. The molecule has 2 unspecified atom stereocenters. The van der Waals surface area contributed by atoms with Crippen LogP contribution in [0.25, 0.3) is 0 Å². The summed E-state index contributed by atoms with van der Waals surface area (Å²) in [6.45, 7) is 4.27. The maximum Gasteiger partial charge on any atom is 0.315 e. The molecule has 1 aromatic rings. The van der Waals surface area contributed by atoms with Crippen molar-refractivity contribution < 1.29 is 14.3 Å². The Morgan fingerprint density at radius 3 is 3.00 bits per heavy atom. The predicted octanol–water partition coefficient (Wildman–Crippen LogP) is 3.06. The average Bonchev–Trinajstić information content (AvgIpc) is 2.62. The zero-order valence-corrected chi connectivity index (χ0v) is 15.9. The van der Waals surface area contributed by atoms with Gasteiger partial charge < -0.3 is 15.4 Å². The Morgan fingerprint density at radius 2 is 2.28 bits per heavy atom.